The summed E-state index contributed by atoms with van der Waals surface area (Å²) in [5, 5.41) is 5.85. The van der Waals surface area contributed by atoms with E-state index in [1.54, 1.807) is 0 Å². The molecule has 0 saturated carbocycles. The van der Waals surface area contributed by atoms with Crippen LogP contribution in [0.4, 0.5) is 13.2 Å². The Morgan fingerprint density at radius 3 is 2.45 bits per heavy atom. The molecule has 1 aromatic heterocycles. The molecule has 0 N–H and O–H groups in total. The highest BCUT2D eigenvalue weighted by atomic mass is 19.3. The lowest BCUT2D eigenvalue weighted by atomic mass is 10.6. The first-order valence-electron chi connectivity index (χ1n) is 2.62. The minimum absolute atomic E-state index is 0.401. The van der Waals surface area contributed by atoms with Gasteiger partial charge in [0, 0.05) is 12.1 Å². The molecule has 3 nitrogen and oxygen atoms in total. The van der Waals surface area contributed by atoms with Crippen molar-refractivity contribution >= 4 is 0 Å². The molecule has 0 aromatic carbocycles. The van der Waals surface area contributed by atoms with Crippen molar-refractivity contribution in [1.82, 2.24) is 10.2 Å². The van der Waals surface area contributed by atoms with Crippen molar-refractivity contribution < 1.29 is 17.9 Å². The maximum Gasteiger partial charge on any atom is 0.388 e. The van der Waals surface area contributed by atoms with Crippen LogP contribution >= 0.6 is 0 Å². The van der Waals surface area contributed by atoms with Gasteiger partial charge in [0.25, 0.3) is 0 Å². The fourth-order valence-electron chi connectivity index (χ4n) is 0.458. The van der Waals surface area contributed by atoms with E-state index in [0.29, 0.717) is 0 Å². The van der Waals surface area contributed by atoms with Gasteiger partial charge in [-0.1, -0.05) is 0 Å². The van der Waals surface area contributed by atoms with Gasteiger partial charge in [-0.2, -0.15) is 13.2 Å². The molecule has 0 fully saturated rings. The predicted molar refractivity (Wildman–Crippen MR) is 28.6 cm³/mol. The fourth-order valence-corrected chi connectivity index (χ4v) is 0.458. The molecule has 0 aliphatic rings. The van der Waals surface area contributed by atoms with Crippen LogP contribution in [0, 0.1) is 5.95 Å². The van der Waals surface area contributed by atoms with E-state index in [-0.39, 0.29) is 0 Å². The molecule has 60 valence electrons. The highest BCUT2D eigenvalue weighted by Crippen LogP contribution is 2.07. The molecular weight excluding hydrogens is 161 g/mol. The summed E-state index contributed by atoms with van der Waals surface area (Å²) >= 11 is 0. The van der Waals surface area contributed by atoms with Gasteiger partial charge in [-0.25, -0.2) is 0 Å². The van der Waals surface area contributed by atoms with E-state index in [9.17, 15) is 13.2 Å². The van der Waals surface area contributed by atoms with Crippen LogP contribution in [0.15, 0.2) is 12.1 Å². The van der Waals surface area contributed by atoms with E-state index >= 15 is 0 Å². The fraction of sp³-hybridized carbons (Fsp3) is 0.200. The topological polar surface area (TPSA) is 35.0 Å². The zero-order valence-electron chi connectivity index (χ0n) is 5.17. The zero-order valence-corrected chi connectivity index (χ0v) is 5.17. The smallest absolute Gasteiger partial charge is 0.388 e. The summed E-state index contributed by atoms with van der Waals surface area (Å²) in [4.78, 5) is 0. The second-order valence-corrected chi connectivity index (χ2v) is 1.57. The predicted octanol–water partition coefficient (Wildman–Crippen LogP) is 1.22. The number of hydrogen-bond donors (Lipinski definition) is 0. The van der Waals surface area contributed by atoms with Gasteiger partial charge in [0.2, 0.25) is 11.8 Å². The van der Waals surface area contributed by atoms with Gasteiger partial charge in [-0.05, 0) is 0 Å². The van der Waals surface area contributed by atoms with E-state index in [2.05, 4.69) is 14.9 Å². The van der Waals surface area contributed by atoms with Gasteiger partial charge in [0.05, 0.1) is 0 Å². The Bertz CT molecular complexity index is 226. The van der Waals surface area contributed by atoms with Gasteiger partial charge in [0.1, 0.15) is 0 Å². The van der Waals surface area contributed by atoms with Gasteiger partial charge < -0.3 is 4.74 Å². The minimum Gasteiger partial charge on any atom is -0.415 e. The lowest BCUT2D eigenvalue weighted by molar-refractivity contribution is -0.0535. The summed E-state index contributed by atoms with van der Waals surface area (Å²) in [6.07, 6.45) is 0. The van der Waals surface area contributed by atoms with Crippen LogP contribution in [0.3, 0.4) is 0 Å². The van der Waals surface area contributed by atoms with E-state index in [4.69, 9.17) is 0 Å². The molecule has 1 heterocycles. The van der Waals surface area contributed by atoms with Crippen LogP contribution in [0.1, 0.15) is 0 Å². The van der Waals surface area contributed by atoms with Crippen LogP contribution < -0.4 is 4.74 Å². The Balaban J connectivity index is 2.66. The van der Waals surface area contributed by atoms with Crippen LogP contribution in [0.25, 0.3) is 0 Å². The monoisotopic (exact) mass is 164 g/mol. The van der Waals surface area contributed by atoms with Gasteiger partial charge in [-0.15, -0.1) is 10.2 Å². The molecule has 0 spiro atoms. The molecule has 0 amide bonds. The van der Waals surface area contributed by atoms with E-state index in [0.717, 1.165) is 12.1 Å². The second kappa shape index (κ2) is 3.18. The van der Waals surface area contributed by atoms with E-state index in [1.165, 1.54) is 0 Å². The van der Waals surface area contributed by atoms with Crippen LogP contribution in [0.2, 0.25) is 0 Å². The third kappa shape index (κ3) is 2.40. The minimum atomic E-state index is -2.96. The summed E-state index contributed by atoms with van der Waals surface area (Å²) in [5.74, 6) is -1.24. The molecule has 0 saturated heterocycles. The average Bonchev–Trinajstić information content (AvgIpc) is 1.93. The number of rotatable bonds is 2. The normalized spacial score (nSPS) is 10.2. The molecule has 0 atom stereocenters. The molecule has 0 aliphatic heterocycles. The standard InChI is InChI=1S/C5H3F3N2O/c6-3-1-2-4(10-9-3)11-5(7)8/h1-2,5H. The third-order valence-electron chi connectivity index (χ3n) is 0.817. The summed E-state index contributed by atoms with van der Waals surface area (Å²) in [6.45, 7) is -2.96. The number of hydrogen-bond acceptors (Lipinski definition) is 3. The van der Waals surface area contributed by atoms with Crippen molar-refractivity contribution in [3.63, 3.8) is 0 Å². The largest absolute Gasteiger partial charge is 0.415 e. The number of halogens is 3. The SMILES string of the molecule is Fc1ccc(OC(F)F)nn1. The first-order chi connectivity index (χ1) is 5.18. The summed E-state index contributed by atoms with van der Waals surface area (Å²) < 4.78 is 38.7. The molecular formula is C5H3F3N2O. The maximum atomic E-state index is 12.0. The van der Waals surface area contributed by atoms with Crippen LogP contribution in [-0.2, 0) is 0 Å². The van der Waals surface area contributed by atoms with Gasteiger partial charge in [-0.3, -0.25) is 0 Å². The van der Waals surface area contributed by atoms with Gasteiger partial charge >= 0.3 is 6.61 Å². The Kier molecular flexibility index (Phi) is 2.25. The Morgan fingerprint density at radius 1 is 1.27 bits per heavy atom. The molecule has 1 aromatic rings. The summed E-state index contributed by atoms with van der Waals surface area (Å²) in [5.41, 5.74) is 0. The molecule has 1 rings (SSSR count). The van der Waals surface area contributed by atoms with Crippen molar-refractivity contribution in [3.05, 3.63) is 18.1 Å². The van der Waals surface area contributed by atoms with E-state index in [1.807, 2.05) is 0 Å². The first kappa shape index (κ1) is 7.77. The second-order valence-electron chi connectivity index (χ2n) is 1.57. The highest BCUT2D eigenvalue weighted by molar-refractivity contribution is 5.05. The average molecular weight is 164 g/mol. The van der Waals surface area contributed by atoms with E-state index < -0.39 is 18.4 Å². The van der Waals surface area contributed by atoms with Gasteiger partial charge in [0.15, 0.2) is 0 Å². The molecule has 0 unspecified atom stereocenters. The van der Waals surface area contributed by atoms with Crippen molar-refractivity contribution in [3.8, 4) is 5.88 Å². The lowest BCUT2D eigenvalue weighted by Crippen LogP contribution is -2.04. The lowest BCUT2D eigenvalue weighted by Gasteiger charge is -1.99. The number of alkyl halides is 2. The Morgan fingerprint density at radius 2 is 2.00 bits per heavy atom. The molecule has 0 radical (unpaired) electrons. The maximum absolute atomic E-state index is 12.0. The molecule has 0 bridgehead atoms. The van der Waals surface area contributed by atoms with Crippen molar-refractivity contribution in [2.45, 2.75) is 6.61 Å². The first-order valence-corrected chi connectivity index (χ1v) is 2.62. The zero-order chi connectivity index (χ0) is 8.27. The Hall–Kier alpha value is -1.33. The van der Waals surface area contributed by atoms with Crippen LogP contribution in [0.5, 0.6) is 5.88 Å². The highest BCUT2D eigenvalue weighted by Gasteiger charge is 2.04. The molecule has 11 heavy (non-hydrogen) atoms. The molecule has 6 heteroatoms. The number of nitrogens with zero attached hydrogens (tertiary/aromatic N) is 2. The summed E-state index contributed by atoms with van der Waals surface area (Å²) in [6, 6.07) is 1.85. The van der Waals surface area contributed by atoms with Crippen molar-refractivity contribution in [2.75, 3.05) is 0 Å². The van der Waals surface area contributed by atoms with Crippen molar-refractivity contribution in [1.29, 1.82) is 0 Å². The quantitative estimate of drug-likeness (QED) is 0.659. The number of ether oxygens (including phenoxy) is 1. The Labute approximate surface area is 59.8 Å². The molecule has 0 aliphatic carbocycles. The third-order valence-corrected chi connectivity index (χ3v) is 0.817. The van der Waals surface area contributed by atoms with Crippen molar-refractivity contribution in [2.24, 2.45) is 0 Å². The number of aromatic nitrogens is 2. The van der Waals surface area contributed by atoms with Crippen LogP contribution in [-0.4, -0.2) is 16.8 Å². The summed E-state index contributed by atoms with van der Waals surface area (Å²) in [7, 11) is 0.